The minimum absolute atomic E-state index is 0.0914. The molecular weight excluding hydrogens is 398 g/mol. The molecule has 10 heteroatoms. The van der Waals surface area contributed by atoms with Crippen molar-refractivity contribution < 1.29 is 14.3 Å². The fraction of sp³-hybridized carbons (Fsp3) is 0.333. The van der Waals surface area contributed by atoms with E-state index in [0.29, 0.717) is 36.3 Å². The van der Waals surface area contributed by atoms with Crippen LogP contribution < -0.4 is 15.8 Å². The molecule has 0 fully saturated rings. The second kappa shape index (κ2) is 8.60. The van der Waals surface area contributed by atoms with Crippen LogP contribution in [0.25, 0.3) is 17.4 Å². The SMILES string of the molecule is CC(C)(CCO)Oc1ccc(CCNc2nc(N)n3nc(-c4ccco4)nc3n2)cc1. The number of rotatable bonds is 9. The number of anilines is 2. The lowest BCUT2D eigenvalue weighted by Gasteiger charge is -2.25. The molecule has 0 amide bonds. The number of nitrogens with one attached hydrogen (secondary N) is 1. The van der Waals surface area contributed by atoms with Crippen LogP contribution in [0.1, 0.15) is 25.8 Å². The number of ether oxygens (including phenoxy) is 1. The molecule has 0 aliphatic carbocycles. The van der Waals surface area contributed by atoms with Crippen molar-refractivity contribution in [2.75, 3.05) is 24.2 Å². The van der Waals surface area contributed by atoms with Crippen LogP contribution in [-0.4, -0.2) is 48.4 Å². The average molecular weight is 423 g/mol. The van der Waals surface area contributed by atoms with E-state index in [1.54, 1.807) is 18.4 Å². The third-order valence-electron chi connectivity index (χ3n) is 4.70. The first kappa shape index (κ1) is 20.6. The number of aliphatic hydroxyl groups excluding tert-OH is 1. The summed E-state index contributed by atoms with van der Waals surface area (Å²) in [6.07, 6.45) is 2.89. The summed E-state index contributed by atoms with van der Waals surface area (Å²) in [5.41, 5.74) is 6.73. The second-order valence-corrected chi connectivity index (χ2v) is 7.69. The van der Waals surface area contributed by atoms with Crippen LogP contribution in [0.5, 0.6) is 5.75 Å². The van der Waals surface area contributed by atoms with Gasteiger partial charge in [0.05, 0.1) is 6.26 Å². The van der Waals surface area contributed by atoms with Crippen molar-refractivity contribution >= 4 is 17.7 Å². The molecule has 0 saturated heterocycles. The van der Waals surface area contributed by atoms with Crippen molar-refractivity contribution in [3.05, 3.63) is 48.2 Å². The number of nitrogen functional groups attached to an aromatic ring is 1. The van der Waals surface area contributed by atoms with Crippen molar-refractivity contribution in [1.29, 1.82) is 0 Å². The zero-order valence-corrected chi connectivity index (χ0v) is 17.4. The number of benzene rings is 1. The number of furan rings is 1. The second-order valence-electron chi connectivity index (χ2n) is 7.69. The summed E-state index contributed by atoms with van der Waals surface area (Å²) in [6, 6.07) is 11.4. The minimum Gasteiger partial charge on any atom is -0.488 e. The van der Waals surface area contributed by atoms with Gasteiger partial charge in [0.15, 0.2) is 5.76 Å². The number of hydrogen-bond donors (Lipinski definition) is 3. The summed E-state index contributed by atoms with van der Waals surface area (Å²) < 4.78 is 12.6. The zero-order valence-electron chi connectivity index (χ0n) is 17.4. The Kier molecular flexibility index (Phi) is 5.72. The van der Waals surface area contributed by atoms with E-state index in [2.05, 4.69) is 25.4 Å². The summed E-state index contributed by atoms with van der Waals surface area (Å²) in [6.45, 7) is 4.62. The normalized spacial score (nSPS) is 11.7. The van der Waals surface area contributed by atoms with E-state index >= 15 is 0 Å². The number of aliphatic hydroxyl groups is 1. The van der Waals surface area contributed by atoms with Gasteiger partial charge in [-0.15, -0.1) is 5.10 Å². The molecule has 0 radical (unpaired) electrons. The maximum absolute atomic E-state index is 9.12. The molecule has 0 aliphatic heterocycles. The van der Waals surface area contributed by atoms with Crippen LogP contribution >= 0.6 is 0 Å². The van der Waals surface area contributed by atoms with Gasteiger partial charge in [-0.05, 0) is 50.1 Å². The van der Waals surface area contributed by atoms with Crippen LogP contribution in [0.2, 0.25) is 0 Å². The Labute approximate surface area is 179 Å². The van der Waals surface area contributed by atoms with Crippen LogP contribution in [0, 0.1) is 0 Å². The highest BCUT2D eigenvalue weighted by molar-refractivity contribution is 5.52. The fourth-order valence-corrected chi connectivity index (χ4v) is 3.08. The Morgan fingerprint density at radius 3 is 2.68 bits per heavy atom. The monoisotopic (exact) mass is 423 g/mol. The molecule has 31 heavy (non-hydrogen) atoms. The van der Waals surface area contributed by atoms with Crippen molar-refractivity contribution in [3.8, 4) is 17.3 Å². The highest BCUT2D eigenvalue weighted by atomic mass is 16.5. The van der Waals surface area contributed by atoms with Gasteiger partial charge in [-0.2, -0.15) is 19.5 Å². The lowest BCUT2D eigenvalue weighted by atomic mass is 10.1. The molecule has 4 N–H and O–H groups in total. The van der Waals surface area contributed by atoms with E-state index in [-0.39, 0.29) is 12.6 Å². The molecule has 162 valence electrons. The minimum atomic E-state index is -0.410. The topological polar surface area (TPSA) is 137 Å². The summed E-state index contributed by atoms with van der Waals surface area (Å²) in [7, 11) is 0. The van der Waals surface area contributed by atoms with Gasteiger partial charge >= 0.3 is 0 Å². The molecule has 0 bridgehead atoms. The lowest BCUT2D eigenvalue weighted by molar-refractivity contribution is 0.0765. The average Bonchev–Trinajstić information content (AvgIpc) is 3.39. The van der Waals surface area contributed by atoms with Crippen molar-refractivity contribution in [2.24, 2.45) is 0 Å². The molecule has 0 aliphatic rings. The lowest BCUT2D eigenvalue weighted by Crippen LogP contribution is -2.29. The Morgan fingerprint density at radius 1 is 1.16 bits per heavy atom. The van der Waals surface area contributed by atoms with Gasteiger partial charge in [0, 0.05) is 19.6 Å². The first-order valence-electron chi connectivity index (χ1n) is 10.0. The maximum Gasteiger partial charge on any atom is 0.259 e. The smallest absolute Gasteiger partial charge is 0.259 e. The molecule has 0 saturated carbocycles. The summed E-state index contributed by atoms with van der Waals surface area (Å²) in [5, 5.41) is 16.6. The van der Waals surface area contributed by atoms with Gasteiger partial charge in [-0.3, -0.25) is 0 Å². The predicted molar refractivity (Wildman–Crippen MR) is 116 cm³/mol. The largest absolute Gasteiger partial charge is 0.488 e. The molecule has 0 atom stereocenters. The van der Waals surface area contributed by atoms with E-state index in [1.807, 2.05) is 38.1 Å². The molecule has 10 nitrogen and oxygen atoms in total. The van der Waals surface area contributed by atoms with E-state index in [9.17, 15) is 0 Å². The highest BCUT2D eigenvalue weighted by Gasteiger charge is 2.19. The fourth-order valence-electron chi connectivity index (χ4n) is 3.08. The Hall–Kier alpha value is -3.66. The quantitative estimate of drug-likeness (QED) is 0.371. The zero-order chi connectivity index (χ0) is 21.8. The number of nitrogens with two attached hydrogens (primary N) is 1. The van der Waals surface area contributed by atoms with Gasteiger partial charge in [0.2, 0.25) is 17.7 Å². The third-order valence-corrected chi connectivity index (χ3v) is 4.70. The third kappa shape index (κ3) is 4.92. The van der Waals surface area contributed by atoms with Gasteiger partial charge in [-0.25, -0.2) is 0 Å². The van der Waals surface area contributed by atoms with Crippen molar-refractivity contribution in [3.63, 3.8) is 0 Å². The van der Waals surface area contributed by atoms with Crippen molar-refractivity contribution in [2.45, 2.75) is 32.3 Å². The van der Waals surface area contributed by atoms with Crippen LogP contribution in [0.3, 0.4) is 0 Å². The van der Waals surface area contributed by atoms with Gasteiger partial charge < -0.3 is 25.3 Å². The van der Waals surface area contributed by atoms with Crippen LogP contribution in [-0.2, 0) is 6.42 Å². The number of hydrogen-bond acceptors (Lipinski definition) is 9. The highest BCUT2D eigenvalue weighted by Crippen LogP contribution is 2.22. The Morgan fingerprint density at radius 2 is 1.97 bits per heavy atom. The summed E-state index contributed by atoms with van der Waals surface area (Å²) >= 11 is 0. The number of aromatic nitrogens is 5. The van der Waals surface area contributed by atoms with Gasteiger partial charge in [0.1, 0.15) is 11.4 Å². The maximum atomic E-state index is 9.12. The molecule has 4 aromatic rings. The first-order valence-corrected chi connectivity index (χ1v) is 10.0. The van der Waals surface area contributed by atoms with Gasteiger partial charge in [0.25, 0.3) is 5.78 Å². The van der Waals surface area contributed by atoms with Crippen LogP contribution in [0.4, 0.5) is 11.9 Å². The molecule has 1 aromatic carbocycles. The van der Waals surface area contributed by atoms with E-state index in [0.717, 1.165) is 17.7 Å². The molecule has 0 unspecified atom stereocenters. The number of nitrogens with zero attached hydrogens (tertiary/aromatic N) is 5. The van der Waals surface area contributed by atoms with Crippen molar-refractivity contribution in [1.82, 2.24) is 24.6 Å². The molecule has 4 rings (SSSR count). The predicted octanol–water partition coefficient (Wildman–Crippen LogP) is 2.56. The van der Waals surface area contributed by atoms with Crippen LogP contribution in [0.15, 0.2) is 47.1 Å². The molecule has 3 aromatic heterocycles. The Bertz CT molecular complexity index is 1140. The van der Waals surface area contributed by atoms with E-state index in [1.165, 1.54) is 4.52 Å². The van der Waals surface area contributed by atoms with Gasteiger partial charge in [-0.1, -0.05) is 12.1 Å². The summed E-state index contributed by atoms with van der Waals surface area (Å²) in [5.74, 6) is 2.61. The van der Waals surface area contributed by atoms with E-state index in [4.69, 9.17) is 20.0 Å². The number of fused-ring (bicyclic) bond motifs is 1. The first-order chi connectivity index (χ1) is 14.9. The molecule has 3 heterocycles. The Balaban J connectivity index is 1.37. The molecule has 0 spiro atoms. The standard InChI is InChI=1S/C21H25N7O3/c1-21(2,10-12-29)31-15-7-5-14(6-8-15)9-11-23-19-25-18(22)28-20(26-19)24-17(27-28)16-4-3-13-30-16/h3-8,13,29H,9-12H2,1-2H3,(H3,22,23,24,25,26,27). The molecular formula is C21H25N7O3. The summed E-state index contributed by atoms with van der Waals surface area (Å²) in [4.78, 5) is 13.0. The van der Waals surface area contributed by atoms with E-state index < -0.39 is 5.60 Å².